The summed E-state index contributed by atoms with van der Waals surface area (Å²) in [5, 5.41) is 48.0. The highest BCUT2D eigenvalue weighted by Gasteiger charge is 2.52. The molecule has 5 N–H and O–H groups in total. The number of hydrogen-bond acceptors (Lipinski definition) is 15. The molecule has 17 nitrogen and oxygen atoms in total. The molecule has 0 aliphatic carbocycles. The van der Waals surface area contributed by atoms with Crippen molar-refractivity contribution in [1.29, 1.82) is 0 Å². The molecule has 59 heavy (non-hydrogen) atoms. The maximum Gasteiger partial charge on any atom is 0.408 e. The number of nitrogens with one attached hydrogen (secondary N) is 1. The van der Waals surface area contributed by atoms with Crippen LogP contribution in [0.15, 0.2) is 60.7 Å². The Morgan fingerprint density at radius 1 is 0.678 bits per heavy atom. The van der Waals surface area contributed by atoms with Crippen LogP contribution in [0.5, 0.6) is 0 Å². The minimum Gasteiger partial charge on any atom is -0.458 e. The number of alkyl carbamates (subject to hydrolysis) is 1. The highest BCUT2D eigenvalue weighted by Crippen LogP contribution is 2.36. The molecule has 0 aromatic heterocycles. The fourth-order valence-electron chi connectivity index (χ4n) is 7.45. The molecule has 2 aromatic carbocycles. The van der Waals surface area contributed by atoms with Crippen LogP contribution >= 0.6 is 0 Å². The Balaban J connectivity index is 1.19. The molecule has 6 rings (SSSR count). The van der Waals surface area contributed by atoms with Gasteiger partial charge in [0.25, 0.3) is 0 Å². The van der Waals surface area contributed by atoms with Gasteiger partial charge in [-0.2, -0.15) is 0 Å². The van der Waals surface area contributed by atoms with Crippen LogP contribution in [-0.2, 0) is 47.5 Å². The van der Waals surface area contributed by atoms with Crippen LogP contribution < -0.4 is 5.32 Å². The van der Waals surface area contributed by atoms with Crippen molar-refractivity contribution in [2.24, 2.45) is 0 Å². The Hall–Kier alpha value is -3.75. The summed E-state index contributed by atoms with van der Waals surface area (Å²) >= 11 is 0. The van der Waals surface area contributed by atoms with Crippen LogP contribution in [0.2, 0.25) is 0 Å². The molecule has 2 amide bonds. The minimum atomic E-state index is -1.54. The molecule has 4 saturated heterocycles. The number of hydrogen-bond donors (Lipinski definition) is 5. The van der Waals surface area contributed by atoms with Crippen LogP contribution in [0.3, 0.4) is 0 Å². The predicted molar refractivity (Wildman–Crippen MR) is 206 cm³/mol. The summed E-state index contributed by atoms with van der Waals surface area (Å²) in [7, 11) is 0. The fourth-order valence-corrected chi connectivity index (χ4v) is 7.45. The Labute approximate surface area is 343 Å². The quantitative estimate of drug-likeness (QED) is 0.205. The summed E-state index contributed by atoms with van der Waals surface area (Å²) in [6, 6.07) is 16.9. The zero-order valence-corrected chi connectivity index (χ0v) is 34.2. The number of rotatable bonds is 11. The molecule has 13 atom stereocenters. The summed E-state index contributed by atoms with van der Waals surface area (Å²) < 4.78 is 47.3. The second kappa shape index (κ2) is 18.9. The molecule has 4 fully saturated rings. The molecule has 0 saturated carbocycles. The molecule has 2 aromatic rings. The van der Waals surface area contributed by atoms with E-state index in [2.05, 4.69) is 5.32 Å². The number of benzene rings is 2. The molecule has 2 unspecified atom stereocenters. The molecule has 326 valence electrons. The van der Waals surface area contributed by atoms with Crippen LogP contribution in [-0.4, -0.2) is 148 Å². The van der Waals surface area contributed by atoms with Gasteiger partial charge in [-0.3, -0.25) is 4.79 Å². The van der Waals surface area contributed by atoms with Gasteiger partial charge >= 0.3 is 12.1 Å². The van der Waals surface area contributed by atoms with Crippen molar-refractivity contribution in [2.75, 3.05) is 26.3 Å². The Morgan fingerprint density at radius 3 is 1.54 bits per heavy atom. The standard InChI is InChI=1S/C42H58N2O15/c1-41(2,3)58-37(50)25(43-40(51)59-42(4,5)6)17-18-30(45)44(19-26-31(46)33(48)35-28(54-26)21-52-38(56-35)23-13-9-7-10-14-23)20-27-32(47)34(49)36-29(55-27)22-53-39(57-36)24-15-11-8-12-16-24/h7-16,25-29,31-36,38-39,46-49H,17-22H2,1-6H3,(H,43,51)/t25-,26-,27-,28+,29+,31-,32-,33+,34+,35+,36+,38?,39?/m0/s1. The van der Waals surface area contributed by atoms with E-state index in [1.54, 1.807) is 41.5 Å². The van der Waals surface area contributed by atoms with Crippen molar-refractivity contribution in [3.63, 3.8) is 0 Å². The highest BCUT2D eigenvalue weighted by molar-refractivity contribution is 5.83. The van der Waals surface area contributed by atoms with Crippen molar-refractivity contribution in [2.45, 2.75) is 145 Å². The van der Waals surface area contributed by atoms with Gasteiger partial charge in [-0.25, -0.2) is 9.59 Å². The van der Waals surface area contributed by atoms with Gasteiger partial charge in [0, 0.05) is 30.6 Å². The number of nitrogens with zero attached hydrogens (tertiary/aromatic N) is 1. The summed E-state index contributed by atoms with van der Waals surface area (Å²) in [6.45, 7) is 9.37. The van der Waals surface area contributed by atoms with Gasteiger partial charge in [-0.15, -0.1) is 0 Å². The zero-order valence-electron chi connectivity index (χ0n) is 34.2. The largest absolute Gasteiger partial charge is 0.458 e. The van der Waals surface area contributed by atoms with E-state index in [1.807, 2.05) is 60.7 Å². The number of carbonyl (C=O) groups is 3. The first-order valence-corrected chi connectivity index (χ1v) is 20.0. The number of amides is 2. The van der Waals surface area contributed by atoms with E-state index in [1.165, 1.54) is 4.90 Å². The summed E-state index contributed by atoms with van der Waals surface area (Å²) in [4.78, 5) is 41.6. The van der Waals surface area contributed by atoms with Crippen LogP contribution in [0, 0.1) is 0 Å². The minimum absolute atomic E-state index is 0.00996. The van der Waals surface area contributed by atoms with Crippen LogP contribution in [0.4, 0.5) is 4.79 Å². The number of aliphatic hydroxyl groups is 4. The van der Waals surface area contributed by atoms with Gasteiger partial charge in [0.1, 0.15) is 78.3 Å². The maximum absolute atomic E-state index is 14.3. The lowest BCUT2D eigenvalue weighted by Crippen LogP contribution is -2.65. The average molecular weight is 831 g/mol. The lowest BCUT2D eigenvalue weighted by atomic mass is 9.92. The first kappa shape index (κ1) is 44.8. The number of fused-ring (bicyclic) bond motifs is 2. The SMILES string of the molecule is CC(C)(C)OC(=O)N[C@@H](CCC(=O)N(C[C@@H]1O[C@@H]2COC(c3ccccc3)O[C@H]2[C@H](O)[C@H]1O)C[C@@H]1O[C@@H]2COC(c3ccccc3)O[C@H]2[C@H](O)[C@H]1O)C(=O)OC(C)(C)C. The van der Waals surface area contributed by atoms with Gasteiger partial charge in [0.05, 0.1) is 13.2 Å². The topological polar surface area (TPSA) is 221 Å². The monoisotopic (exact) mass is 830 g/mol. The van der Waals surface area contributed by atoms with E-state index in [0.717, 1.165) is 11.1 Å². The van der Waals surface area contributed by atoms with E-state index in [0.29, 0.717) is 0 Å². The van der Waals surface area contributed by atoms with Crippen molar-refractivity contribution < 1.29 is 72.7 Å². The molecule has 0 spiro atoms. The summed E-state index contributed by atoms with van der Waals surface area (Å²) in [5.74, 6) is -1.38. The lowest BCUT2D eigenvalue weighted by molar-refractivity contribution is -0.332. The highest BCUT2D eigenvalue weighted by atomic mass is 16.7. The molecule has 4 heterocycles. The van der Waals surface area contributed by atoms with Crippen LogP contribution in [0.1, 0.15) is 78.1 Å². The third-order valence-corrected chi connectivity index (χ3v) is 10.3. The van der Waals surface area contributed by atoms with Crippen molar-refractivity contribution >= 4 is 18.0 Å². The van der Waals surface area contributed by atoms with Crippen LogP contribution in [0.25, 0.3) is 0 Å². The number of ether oxygens (including phenoxy) is 8. The first-order valence-electron chi connectivity index (χ1n) is 20.0. The third kappa shape index (κ3) is 11.5. The number of carbonyl (C=O) groups excluding carboxylic acids is 3. The zero-order chi connectivity index (χ0) is 42.6. The smallest absolute Gasteiger partial charge is 0.408 e. The second-order valence-corrected chi connectivity index (χ2v) is 17.3. The van der Waals surface area contributed by atoms with Gasteiger partial charge in [-0.1, -0.05) is 60.7 Å². The van der Waals surface area contributed by atoms with Gasteiger partial charge < -0.3 is 68.5 Å². The Kier molecular flexibility index (Phi) is 14.3. The Bertz CT molecular complexity index is 1620. The van der Waals surface area contributed by atoms with E-state index >= 15 is 0 Å². The molecule has 4 aliphatic heterocycles. The number of esters is 1. The lowest BCUT2D eigenvalue weighted by Gasteiger charge is -2.49. The molecule has 17 heteroatoms. The summed E-state index contributed by atoms with van der Waals surface area (Å²) in [5.41, 5.74) is -0.352. The van der Waals surface area contributed by atoms with E-state index < -0.39 is 109 Å². The fraction of sp³-hybridized carbons (Fsp3) is 0.643. The molecule has 4 aliphatic rings. The van der Waals surface area contributed by atoms with Crippen molar-refractivity contribution in [1.82, 2.24) is 10.2 Å². The molecule has 0 bridgehead atoms. The number of aliphatic hydroxyl groups excluding tert-OH is 4. The normalized spacial score (nSPS) is 32.8. The van der Waals surface area contributed by atoms with Crippen molar-refractivity contribution in [3.8, 4) is 0 Å². The molecule has 0 radical (unpaired) electrons. The van der Waals surface area contributed by atoms with Gasteiger partial charge in [0.15, 0.2) is 12.6 Å². The maximum atomic E-state index is 14.3. The van der Waals surface area contributed by atoms with Crippen molar-refractivity contribution in [3.05, 3.63) is 71.8 Å². The molecular weight excluding hydrogens is 772 g/mol. The van der Waals surface area contributed by atoms with E-state index in [9.17, 15) is 34.8 Å². The first-order chi connectivity index (χ1) is 27.9. The van der Waals surface area contributed by atoms with Gasteiger partial charge in [0.2, 0.25) is 5.91 Å². The Morgan fingerprint density at radius 2 is 1.12 bits per heavy atom. The predicted octanol–water partition coefficient (Wildman–Crippen LogP) is 2.04. The second-order valence-electron chi connectivity index (χ2n) is 17.3. The van der Waals surface area contributed by atoms with E-state index in [4.69, 9.17) is 37.9 Å². The summed E-state index contributed by atoms with van der Waals surface area (Å²) in [6.07, 6.45) is -14.9. The average Bonchev–Trinajstić information content (AvgIpc) is 3.19. The van der Waals surface area contributed by atoms with Gasteiger partial charge in [-0.05, 0) is 48.0 Å². The molecular formula is C42H58N2O15. The third-order valence-electron chi connectivity index (χ3n) is 10.3. The van der Waals surface area contributed by atoms with E-state index in [-0.39, 0.29) is 39.1 Å².